The van der Waals surface area contributed by atoms with E-state index in [0.29, 0.717) is 11.3 Å². The molecule has 0 radical (unpaired) electrons. The zero-order valence-electron chi connectivity index (χ0n) is 9.65. The summed E-state index contributed by atoms with van der Waals surface area (Å²) in [5.74, 6) is 0.724. The van der Waals surface area contributed by atoms with Gasteiger partial charge in [0.2, 0.25) is 0 Å². The van der Waals surface area contributed by atoms with E-state index >= 15 is 0 Å². The van der Waals surface area contributed by atoms with Gasteiger partial charge in [0, 0.05) is 18.7 Å². The first-order valence-electron chi connectivity index (χ1n) is 4.97. The Morgan fingerprint density at radius 1 is 1.40 bits per heavy atom. The van der Waals surface area contributed by atoms with E-state index in [9.17, 15) is 4.79 Å². The maximum atomic E-state index is 11.9. The predicted octanol–water partition coefficient (Wildman–Crippen LogP) is 2.18. The molecule has 0 heterocycles. The lowest BCUT2D eigenvalue weighted by Crippen LogP contribution is -2.32. The number of amides is 1. The number of nitrogens with zero attached hydrogens (tertiary/aromatic N) is 1. The van der Waals surface area contributed by atoms with Crippen LogP contribution < -0.4 is 4.74 Å². The fourth-order valence-electron chi connectivity index (χ4n) is 1.19. The minimum atomic E-state index is 0.0175. The molecule has 0 N–H and O–H groups in total. The number of carbonyl (C=O) groups is 1. The van der Waals surface area contributed by atoms with Crippen LogP contribution in [0.3, 0.4) is 0 Å². The van der Waals surface area contributed by atoms with Crippen molar-refractivity contribution in [2.75, 3.05) is 14.2 Å². The van der Waals surface area contributed by atoms with Crippen LogP contribution in [0.2, 0.25) is 0 Å². The zero-order valence-corrected chi connectivity index (χ0v) is 9.65. The summed E-state index contributed by atoms with van der Waals surface area (Å²) in [5.41, 5.74) is 0.658. The van der Waals surface area contributed by atoms with Gasteiger partial charge in [0.05, 0.1) is 7.11 Å². The Morgan fingerprint density at radius 2 is 2.07 bits per heavy atom. The molecule has 3 nitrogen and oxygen atoms in total. The van der Waals surface area contributed by atoms with Crippen molar-refractivity contribution in [3.05, 3.63) is 29.8 Å². The number of methoxy groups -OCH3 is 1. The Balaban J connectivity index is 2.91. The summed E-state index contributed by atoms with van der Waals surface area (Å²) in [6, 6.07) is 7.39. The number of hydrogen-bond acceptors (Lipinski definition) is 2. The summed E-state index contributed by atoms with van der Waals surface area (Å²) in [6.07, 6.45) is 0. The summed E-state index contributed by atoms with van der Waals surface area (Å²) in [6.45, 7) is 3.97. The molecule has 1 amide bonds. The van der Waals surface area contributed by atoms with Crippen LogP contribution in [0.1, 0.15) is 24.2 Å². The van der Waals surface area contributed by atoms with Crippen LogP contribution >= 0.6 is 0 Å². The van der Waals surface area contributed by atoms with E-state index < -0.39 is 0 Å². The number of benzene rings is 1. The molecule has 0 unspecified atom stereocenters. The summed E-state index contributed by atoms with van der Waals surface area (Å²) >= 11 is 0. The van der Waals surface area contributed by atoms with Crippen LogP contribution in [0.4, 0.5) is 0 Å². The Bertz CT molecular complexity index is 347. The third-order valence-electron chi connectivity index (χ3n) is 2.41. The second-order valence-electron chi connectivity index (χ2n) is 3.74. The van der Waals surface area contributed by atoms with Crippen molar-refractivity contribution in [2.45, 2.75) is 19.9 Å². The van der Waals surface area contributed by atoms with E-state index in [1.807, 2.05) is 26.0 Å². The first-order chi connectivity index (χ1) is 7.06. The van der Waals surface area contributed by atoms with Crippen molar-refractivity contribution in [3.8, 4) is 5.75 Å². The lowest BCUT2D eigenvalue weighted by molar-refractivity contribution is 0.0754. The van der Waals surface area contributed by atoms with Crippen LogP contribution in [0.5, 0.6) is 5.75 Å². The predicted molar refractivity (Wildman–Crippen MR) is 60.2 cm³/mol. The Kier molecular flexibility index (Phi) is 3.72. The third-order valence-corrected chi connectivity index (χ3v) is 2.41. The largest absolute Gasteiger partial charge is 0.497 e. The first kappa shape index (κ1) is 11.6. The second-order valence-corrected chi connectivity index (χ2v) is 3.74. The number of rotatable bonds is 3. The Hall–Kier alpha value is -1.51. The molecule has 0 atom stereocenters. The molecule has 0 bridgehead atoms. The van der Waals surface area contributed by atoms with Gasteiger partial charge in [-0.1, -0.05) is 6.07 Å². The molecule has 1 aromatic rings. The standard InChI is InChI=1S/C12H17NO2/c1-9(2)13(3)12(14)10-6-5-7-11(8-10)15-4/h5-9H,1-4H3. The molecule has 1 rings (SSSR count). The molecule has 3 heteroatoms. The molecule has 0 aliphatic heterocycles. The van der Waals surface area contributed by atoms with E-state index in [4.69, 9.17) is 4.74 Å². The molecule has 0 aromatic heterocycles. The van der Waals surface area contributed by atoms with Gasteiger partial charge in [-0.25, -0.2) is 0 Å². The monoisotopic (exact) mass is 207 g/mol. The van der Waals surface area contributed by atoms with Crippen molar-refractivity contribution in [2.24, 2.45) is 0 Å². The van der Waals surface area contributed by atoms with Crippen LogP contribution in [-0.2, 0) is 0 Å². The summed E-state index contributed by atoms with van der Waals surface area (Å²) in [5, 5.41) is 0. The highest BCUT2D eigenvalue weighted by Crippen LogP contribution is 2.14. The van der Waals surface area contributed by atoms with Crippen LogP contribution in [0.25, 0.3) is 0 Å². The average molecular weight is 207 g/mol. The number of carbonyl (C=O) groups excluding carboxylic acids is 1. The van der Waals surface area contributed by atoms with Crippen molar-refractivity contribution in [1.29, 1.82) is 0 Å². The van der Waals surface area contributed by atoms with Crippen LogP contribution in [0, 0.1) is 0 Å². The second kappa shape index (κ2) is 4.82. The van der Waals surface area contributed by atoms with Crippen molar-refractivity contribution in [1.82, 2.24) is 4.90 Å². The SMILES string of the molecule is COc1cccc(C(=O)N(C)C(C)C)c1. The molecule has 1 aromatic carbocycles. The highest BCUT2D eigenvalue weighted by molar-refractivity contribution is 5.94. The molecule has 82 valence electrons. The van der Waals surface area contributed by atoms with Crippen LogP contribution in [-0.4, -0.2) is 31.0 Å². The third kappa shape index (κ3) is 2.72. The lowest BCUT2D eigenvalue weighted by atomic mass is 10.1. The van der Waals surface area contributed by atoms with Crippen molar-refractivity contribution in [3.63, 3.8) is 0 Å². The van der Waals surface area contributed by atoms with E-state index in [-0.39, 0.29) is 11.9 Å². The molecule has 0 saturated carbocycles. The zero-order chi connectivity index (χ0) is 11.4. The maximum Gasteiger partial charge on any atom is 0.253 e. The quantitative estimate of drug-likeness (QED) is 0.760. The fourth-order valence-corrected chi connectivity index (χ4v) is 1.19. The van der Waals surface area contributed by atoms with E-state index in [1.54, 1.807) is 31.2 Å². The molecular weight excluding hydrogens is 190 g/mol. The van der Waals surface area contributed by atoms with Gasteiger partial charge < -0.3 is 9.64 Å². The molecule has 15 heavy (non-hydrogen) atoms. The summed E-state index contributed by atoms with van der Waals surface area (Å²) in [7, 11) is 3.39. The van der Waals surface area contributed by atoms with Gasteiger partial charge in [0.25, 0.3) is 5.91 Å². The molecule has 0 saturated heterocycles. The smallest absolute Gasteiger partial charge is 0.253 e. The minimum Gasteiger partial charge on any atom is -0.497 e. The van der Waals surface area contributed by atoms with Crippen molar-refractivity contribution < 1.29 is 9.53 Å². The topological polar surface area (TPSA) is 29.5 Å². The van der Waals surface area contributed by atoms with Gasteiger partial charge in [-0.3, -0.25) is 4.79 Å². The summed E-state index contributed by atoms with van der Waals surface area (Å²) < 4.78 is 5.07. The number of ether oxygens (including phenoxy) is 1. The molecule has 0 aliphatic carbocycles. The lowest BCUT2D eigenvalue weighted by Gasteiger charge is -2.21. The highest BCUT2D eigenvalue weighted by Gasteiger charge is 2.14. The Labute approximate surface area is 90.7 Å². The first-order valence-corrected chi connectivity index (χ1v) is 4.97. The molecule has 0 fully saturated rings. The van der Waals surface area contributed by atoms with E-state index in [1.165, 1.54) is 0 Å². The van der Waals surface area contributed by atoms with Gasteiger partial charge in [-0.2, -0.15) is 0 Å². The normalized spacial score (nSPS) is 10.2. The van der Waals surface area contributed by atoms with Gasteiger partial charge in [-0.05, 0) is 32.0 Å². The van der Waals surface area contributed by atoms with Gasteiger partial charge >= 0.3 is 0 Å². The minimum absolute atomic E-state index is 0.0175. The molecule has 0 spiro atoms. The highest BCUT2D eigenvalue weighted by atomic mass is 16.5. The maximum absolute atomic E-state index is 11.9. The summed E-state index contributed by atoms with van der Waals surface area (Å²) in [4.78, 5) is 13.6. The number of hydrogen-bond donors (Lipinski definition) is 0. The van der Waals surface area contributed by atoms with Gasteiger partial charge in [0.15, 0.2) is 0 Å². The van der Waals surface area contributed by atoms with Gasteiger partial charge in [0.1, 0.15) is 5.75 Å². The Morgan fingerprint density at radius 3 is 2.60 bits per heavy atom. The average Bonchev–Trinajstić information content (AvgIpc) is 2.27. The molecular formula is C12H17NO2. The fraction of sp³-hybridized carbons (Fsp3) is 0.417. The van der Waals surface area contributed by atoms with Crippen LogP contribution in [0.15, 0.2) is 24.3 Å². The van der Waals surface area contributed by atoms with Crippen molar-refractivity contribution >= 4 is 5.91 Å². The molecule has 0 aliphatic rings. The van der Waals surface area contributed by atoms with Gasteiger partial charge in [-0.15, -0.1) is 0 Å². The van der Waals surface area contributed by atoms with E-state index in [2.05, 4.69) is 0 Å². The van der Waals surface area contributed by atoms with E-state index in [0.717, 1.165) is 0 Å².